The van der Waals surface area contributed by atoms with Crippen molar-refractivity contribution in [2.45, 2.75) is 51.1 Å². The lowest BCUT2D eigenvalue weighted by Gasteiger charge is -2.27. The smallest absolute Gasteiger partial charge is 0.460 e. The number of carbonyl (C=O) groups is 2. The maximum absolute atomic E-state index is 13.9. The number of hydrogen-bond donors (Lipinski definition) is 2. The van der Waals surface area contributed by atoms with E-state index in [0.29, 0.717) is 46.8 Å². The Balaban J connectivity index is 1.99. The van der Waals surface area contributed by atoms with Crippen LogP contribution in [0.4, 0.5) is 41.4 Å². The number of fused-ring (bicyclic) bond motifs is 1. The summed E-state index contributed by atoms with van der Waals surface area (Å²) >= 11 is 0.698. The maximum Gasteiger partial charge on any atom is 0.460 e. The standard InChI is InChI=1S/C22H21F7N2O3S/c1-3-34-14-7-5-4-6-13(14)30-17(32)16-12-9-8-11(2)10-15(12)35-18(16)31-19(33)20(23,24)21(25,26)22(27,28)29/h4-7,11H,3,8-10H2,1-2H3,(H,30,32)(H,31,33)/t11-/m1/s1. The lowest BCUT2D eigenvalue weighted by Crippen LogP contribution is -2.57. The van der Waals surface area contributed by atoms with E-state index < -0.39 is 34.8 Å². The van der Waals surface area contributed by atoms with Gasteiger partial charge in [0.2, 0.25) is 0 Å². The monoisotopic (exact) mass is 526 g/mol. The summed E-state index contributed by atoms with van der Waals surface area (Å²) in [6, 6.07) is 6.29. The molecule has 0 saturated carbocycles. The van der Waals surface area contributed by atoms with E-state index >= 15 is 0 Å². The van der Waals surface area contributed by atoms with Gasteiger partial charge >= 0.3 is 23.9 Å². The molecule has 2 aromatic rings. The van der Waals surface area contributed by atoms with Crippen molar-refractivity contribution in [2.24, 2.45) is 5.92 Å². The van der Waals surface area contributed by atoms with E-state index in [0.717, 1.165) is 0 Å². The Morgan fingerprint density at radius 2 is 1.74 bits per heavy atom. The summed E-state index contributed by atoms with van der Waals surface area (Å²) < 4.78 is 97.6. The highest BCUT2D eigenvalue weighted by Gasteiger charge is 2.76. The van der Waals surface area contributed by atoms with Crippen molar-refractivity contribution < 1.29 is 45.1 Å². The van der Waals surface area contributed by atoms with E-state index in [2.05, 4.69) is 5.32 Å². The van der Waals surface area contributed by atoms with Crippen molar-refractivity contribution >= 4 is 33.8 Å². The zero-order valence-electron chi connectivity index (χ0n) is 18.5. The van der Waals surface area contributed by atoms with Gasteiger partial charge in [-0.05, 0) is 49.8 Å². The summed E-state index contributed by atoms with van der Waals surface area (Å²) in [4.78, 5) is 25.7. The van der Waals surface area contributed by atoms with Gasteiger partial charge in [0, 0.05) is 4.88 Å². The average Bonchev–Trinajstić information content (AvgIpc) is 3.11. The molecular formula is C22H21F7N2O3S. The highest BCUT2D eigenvalue weighted by atomic mass is 32.1. The van der Waals surface area contributed by atoms with Crippen molar-refractivity contribution in [2.75, 3.05) is 17.2 Å². The molecule has 1 aliphatic carbocycles. The zero-order chi connectivity index (χ0) is 26.2. The Morgan fingerprint density at radius 3 is 2.37 bits per heavy atom. The first-order chi connectivity index (χ1) is 16.2. The summed E-state index contributed by atoms with van der Waals surface area (Å²) in [6.07, 6.45) is -5.30. The fourth-order valence-electron chi connectivity index (χ4n) is 3.62. The molecule has 5 nitrogen and oxygen atoms in total. The molecule has 2 amide bonds. The third kappa shape index (κ3) is 5.09. The van der Waals surface area contributed by atoms with Crippen molar-refractivity contribution in [3.63, 3.8) is 0 Å². The number of para-hydroxylation sites is 2. The predicted molar refractivity (Wildman–Crippen MR) is 116 cm³/mol. The van der Waals surface area contributed by atoms with Gasteiger partial charge in [-0.15, -0.1) is 11.3 Å². The van der Waals surface area contributed by atoms with Gasteiger partial charge in [-0.25, -0.2) is 0 Å². The van der Waals surface area contributed by atoms with E-state index in [4.69, 9.17) is 4.74 Å². The minimum Gasteiger partial charge on any atom is -0.492 e. The second-order valence-electron chi connectivity index (χ2n) is 8.04. The first-order valence-corrected chi connectivity index (χ1v) is 11.3. The molecule has 2 N–H and O–H groups in total. The van der Waals surface area contributed by atoms with Gasteiger partial charge in [-0.2, -0.15) is 30.7 Å². The van der Waals surface area contributed by atoms with Crippen LogP contribution in [0.15, 0.2) is 24.3 Å². The van der Waals surface area contributed by atoms with Crippen molar-refractivity contribution in [1.29, 1.82) is 0 Å². The molecule has 0 unspecified atom stereocenters. The molecule has 1 atom stereocenters. The predicted octanol–water partition coefficient (Wildman–Crippen LogP) is 6.30. The number of thiophene rings is 1. The number of halogens is 7. The second kappa shape index (κ2) is 9.67. The molecule has 0 aliphatic heterocycles. The summed E-state index contributed by atoms with van der Waals surface area (Å²) in [5.74, 6) is -16.0. The third-order valence-electron chi connectivity index (χ3n) is 5.44. The Kier molecular flexibility index (Phi) is 7.39. The molecular weight excluding hydrogens is 505 g/mol. The molecule has 1 aromatic heterocycles. The number of benzene rings is 1. The van der Waals surface area contributed by atoms with E-state index in [-0.39, 0.29) is 23.8 Å². The molecule has 1 aliphatic rings. The molecule has 0 spiro atoms. The lowest BCUT2D eigenvalue weighted by molar-refractivity contribution is -0.343. The van der Waals surface area contributed by atoms with Crippen LogP contribution in [-0.2, 0) is 17.6 Å². The summed E-state index contributed by atoms with van der Waals surface area (Å²) in [7, 11) is 0. The van der Waals surface area contributed by atoms with Gasteiger partial charge in [0.05, 0.1) is 17.9 Å². The number of hydrogen-bond acceptors (Lipinski definition) is 4. The average molecular weight is 526 g/mol. The molecule has 13 heteroatoms. The molecule has 0 saturated heterocycles. The molecule has 192 valence electrons. The first kappa shape index (κ1) is 26.8. The van der Waals surface area contributed by atoms with Gasteiger partial charge in [0.1, 0.15) is 10.8 Å². The first-order valence-electron chi connectivity index (χ1n) is 10.5. The van der Waals surface area contributed by atoms with Crippen molar-refractivity contribution in [3.8, 4) is 5.75 Å². The normalized spacial score (nSPS) is 16.4. The van der Waals surface area contributed by atoms with Gasteiger partial charge in [-0.1, -0.05) is 19.1 Å². The largest absolute Gasteiger partial charge is 0.492 e. The zero-order valence-corrected chi connectivity index (χ0v) is 19.3. The fraction of sp³-hybridized carbons (Fsp3) is 0.455. The summed E-state index contributed by atoms with van der Waals surface area (Å²) in [6.45, 7) is 3.87. The van der Waals surface area contributed by atoms with Crippen LogP contribution >= 0.6 is 11.3 Å². The number of nitrogens with one attached hydrogen (secondary N) is 2. The van der Waals surface area contributed by atoms with Crippen molar-refractivity contribution in [3.05, 3.63) is 40.3 Å². The van der Waals surface area contributed by atoms with Crippen LogP contribution in [0, 0.1) is 5.92 Å². The molecule has 1 heterocycles. The number of ether oxygens (including phenoxy) is 1. The summed E-state index contributed by atoms with van der Waals surface area (Å²) in [5.41, 5.74) is 0.373. The van der Waals surface area contributed by atoms with Crippen LogP contribution < -0.4 is 15.4 Å². The number of amides is 2. The third-order valence-corrected chi connectivity index (χ3v) is 6.61. The fourth-order valence-corrected chi connectivity index (χ4v) is 5.02. The number of alkyl halides is 7. The van der Waals surface area contributed by atoms with Gasteiger partial charge in [-0.3, -0.25) is 9.59 Å². The van der Waals surface area contributed by atoms with Crippen LogP contribution in [0.2, 0.25) is 0 Å². The van der Waals surface area contributed by atoms with Crippen LogP contribution in [0.3, 0.4) is 0 Å². The Bertz CT molecular complexity index is 1110. The highest BCUT2D eigenvalue weighted by Crippen LogP contribution is 2.48. The van der Waals surface area contributed by atoms with Crippen LogP contribution in [0.1, 0.15) is 41.1 Å². The van der Waals surface area contributed by atoms with Crippen LogP contribution in [0.25, 0.3) is 0 Å². The molecule has 0 fully saturated rings. The van der Waals surface area contributed by atoms with E-state index in [1.165, 1.54) is 11.4 Å². The molecule has 0 radical (unpaired) electrons. The van der Waals surface area contributed by atoms with Crippen LogP contribution in [0.5, 0.6) is 5.75 Å². The molecule has 0 bridgehead atoms. The quantitative estimate of drug-likeness (QED) is 0.417. The highest BCUT2D eigenvalue weighted by molar-refractivity contribution is 7.17. The molecule has 35 heavy (non-hydrogen) atoms. The molecule has 1 aromatic carbocycles. The van der Waals surface area contributed by atoms with E-state index in [9.17, 15) is 40.3 Å². The number of rotatable bonds is 7. The second-order valence-corrected chi connectivity index (χ2v) is 9.15. The Morgan fingerprint density at radius 1 is 1.09 bits per heavy atom. The molecule has 3 rings (SSSR count). The van der Waals surface area contributed by atoms with Crippen molar-refractivity contribution in [1.82, 2.24) is 0 Å². The number of carbonyl (C=O) groups excluding carboxylic acids is 2. The van der Waals surface area contributed by atoms with E-state index in [1.807, 2.05) is 6.92 Å². The van der Waals surface area contributed by atoms with E-state index in [1.54, 1.807) is 25.1 Å². The lowest BCUT2D eigenvalue weighted by atomic mass is 9.88. The topological polar surface area (TPSA) is 67.4 Å². The summed E-state index contributed by atoms with van der Waals surface area (Å²) in [5, 5.41) is 3.48. The minimum absolute atomic E-state index is 0.148. The minimum atomic E-state index is -6.67. The van der Waals surface area contributed by atoms with Gasteiger partial charge < -0.3 is 15.4 Å². The Hall–Kier alpha value is -2.83. The maximum atomic E-state index is 13.9. The van der Waals surface area contributed by atoms with Crippen LogP contribution in [-0.4, -0.2) is 36.4 Å². The Labute approximate surface area is 199 Å². The SMILES string of the molecule is CCOc1ccccc1NC(=O)c1c(NC(=O)C(F)(F)C(F)(F)C(F)(F)F)sc2c1CC[C@@H](C)C2. The van der Waals surface area contributed by atoms with Gasteiger partial charge in [0.15, 0.2) is 0 Å². The number of anilines is 2. The van der Waals surface area contributed by atoms with Gasteiger partial charge in [0.25, 0.3) is 5.91 Å².